The van der Waals surface area contributed by atoms with E-state index in [0.717, 1.165) is 29.7 Å². The van der Waals surface area contributed by atoms with E-state index in [1.807, 2.05) is 31.2 Å². The van der Waals surface area contributed by atoms with Gasteiger partial charge in [0.25, 0.3) is 0 Å². The lowest BCUT2D eigenvalue weighted by Crippen LogP contribution is -2.48. The number of hydrogen-bond donors (Lipinski definition) is 2. The van der Waals surface area contributed by atoms with Crippen LogP contribution >= 0.6 is 0 Å². The van der Waals surface area contributed by atoms with Crippen molar-refractivity contribution in [2.45, 2.75) is 44.6 Å². The molecule has 2 fully saturated rings. The number of rotatable bonds is 4. The second-order valence-electron chi connectivity index (χ2n) is 8.63. The number of fused-ring (bicyclic) bond motifs is 1. The third-order valence-electron chi connectivity index (χ3n) is 6.66. The SMILES string of the molecule is C[C@]1(NC(=O)O)C[C@H]2CCCC[C@H]2[C@@H]1/C=C/c1ccc(-c2cccc(F)c2)cn1. The Labute approximate surface area is 170 Å². The van der Waals surface area contributed by atoms with Crippen LogP contribution in [0, 0.1) is 23.6 Å². The molecule has 0 unspecified atom stereocenters. The quantitative estimate of drug-likeness (QED) is 0.694. The van der Waals surface area contributed by atoms with E-state index < -0.39 is 11.6 Å². The van der Waals surface area contributed by atoms with Gasteiger partial charge in [0.15, 0.2) is 0 Å². The first-order chi connectivity index (χ1) is 13.9. The average molecular weight is 394 g/mol. The van der Waals surface area contributed by atoms with Gasteiger partial charge in [0.05, 0.1) is 5.69 Å². The summed E-state index contributed by atoms with van der Waals surface area (Å²) in [6, 6.07) is 10.3. The highest BCUT2D eigenvalue weighted by atomic mass is 19.1. The molecule has 4 atom stereocenters. The molecule has 5 heteroatoms. The molecule has 2 saturated carbocycles. The number of hydrogen-bond acceptors (Lipinski definition) is 2. The molecule has 0 bridgehead atoms. The molecule has 1 amide bonds. The number of aromatic nitrogens is 1. The maximum Gasteiger partial charge on any atom is 0.405 e. The van der Waals surface area contributed by atoms with Crippen LogP contribution < -0.4 is 5.32 Å². The molecule has 0 aliphatic heterocycles. The number of carbonyl (C=O) groups is 1. The van der Waals surface area contributed by atoms with E-state index in [1.165, 1.54) is 31.4 Å². The van der Waals surface area contributed by atoms with Crippen molar-refractivity contribution in [1.29, 1.82) is 0 Å². The molecule has 0 radical (unpaired) electrons. The summed E-state index contributed by atoms with van der Waals surface area (Å²) in [5.74, 6) is 0.996. The molecular weight excluding hydrogens is 367 g/mol. The third-order valence-corrected chi connectivity index (χ3v) is 6.66. The number of carboxylic acid groups (broad SMARTS) is 1. The second-order valence-corrected chi connectivity index (χ2v) is 8.63. The first kappa shape index (κ1) is 19.6. The molecule has 4 nitrogen and oxygen atoms in total. The molecule has 1 aromatic heterocycles. The third kappa shape index (κ3) is 4.19. The number of pyridine rings is 1. The monoisotopic (exact) mass is 394 g/mol. The van der Waals surface area contributed by atoms with E-state index in [9.17, 15) is 14.3 Å². The van der Waals surface area contributed by atoms with E-state index in [2.05, 4.69) is 16.4 Å². The fraction of sp³-hybridized carbons (Fsp3) is 0.417. The van der Waals surface area contributed by atoms with Crippen LogP contribution in [0.25, 0.3) is 17.2 Å². The Morgan fingerprint density at radius 3 is 2.79 bits per heavy atom. The van der Waals surface area contributed by atoms with Crippen LogP contribution in [0.5, 0.6) is 0 Å². The average Bonchev–Trinajstić information content (AvgIpc) is 2.97. The molecule has 2 N–H and O–H groups in total. The lowest BCUT2D eigenvalue weighted by Gasteiger charge is -2.33. The van der Waals surface area contributed by atoms with E-state index in [0.29, 0.717) is 11.8 Å². The molecule has 0 saturated heterocycles. The van der Waals surface area contributed by atoms with E-state index in [1.54, 1.807) is 12.3 Å². The van der Waals surface area contributed by atoms with Crippen molar-refractivity contribution in [1.82, 2.24) is 10.3 Å². The van der Waals surface area contributed by atoms with Gasteiger partial charge in [0.2, 0.25) is 0 Å². The van der Waals surface area contributed by atoms with Gasteiger partial charge in [0.1, 0.15) is 5.82 Å². The number of nitrogens with one attached hydrogen (secondary N) is 1. The van der Waals surface area contributed by atoms with Crippen molar-refractivity contribution in [3.63, 3.8) is 0 Å². The van der Waals surface area contributed by atoms with Gasteiger partial charge < -0.3 is 10.4 Å². The molecule has 1 heterocycles. The first-order valence-corrected chi connectivity index (χ1v) is 10.4. The van der Waals surface area contributed by atoms with Gasteiger partial charge in [-0.05, 0) is 61.4 Å². The predicted octanol–water partition coefficient (Wildman–Crippen LogP) is 5.75. The van der Waals surface area contributed by atoms with E-state index in [-0.39, 0.29) is 11.7 Å². The predicted molar refractivity (Wildman–Crippen MR) is 112 cm³/mol. The van der Waals surface area contributed by atoms with Gasteiger partial charge in [-0.15, -0.1) is 0 Å². The molecule has 1 aromatic carbocycles. The standard InChI is InChI=1S/C24H27FN2O2/c1-24(27-23(28)29)14-17-5-2-3-8-21(17)22(24)12-11-20-10-9-18(15-26-20)16-6-4-7-19(25)13-16/h4,6-7,9-13,15,17,21-22,27H,2-3,5,8,14H2,1H3,(H,28,29)/b12-11+/t17-,21-,22+,24+/m1/s1. The summed E-state index contributed by atoms with van der Waals surface area (Å²) in [5, 5.41) is 12.2. The minimum Gasteiger partial charge on any atom is -0.465 e. The Morgan fingerprint density at radius 2 is 2.07 bits per heavy atom. The summed E-state index contributed by atoms with van der Waals surface area (Å²) in [6.45, 7) is 2.04. The maximum absolute atomic E-state index is 13.4. The zero-order chi connectivity index (χ0) is 20.4. The molecule has 2 aromatic rings. The molecular formula is C24H27FN2O2. The minimum absolute atomic E-state index is 0.161. The van der Waals surface area contributed by atoms with Gasteiger partial charge in [-0.2, -0.15) is 0 Å². The molecule has 4 rings (SSSR count). The number of halogens is 1. The fourth-order valence-corrected chi connectivity index (χ4v) is 5.39. The van der Waals surface area contributed by atoms with Crippen molar-refractivity contribution < 1.29 is 14.3 Å². The van der Waals surface area contributed by atoms with E-state index in [4.69, 9.17) is 0 Å². The highest BCUT2D eigenvalue weighted by Crippen LogP contribution is 2.51. The molecule has 2 aliphatic rings. The Bertz CT molecular complexity index is 911. The van der Waals surface area contributed by atoms with Crippen molar-refractivity contribution in [3.05, 3.63) is 60.2 Å². The van der Waals surface area contributed by atoms with Crippen LogP contribution in [-0.4, -0.2) is 21.7 Å². The second kappa shape index (κ2) is 7.97. The summed E-state index contributed by atoms with van der Waals surface area (Å²) in [5.41, 5.74) is 2.05. The zero-order valence-electron chi connectivity index (χ0n) is 16.6. The van der Waals surface area contributed by atoms with Crippen LogP contribution in [0.2, 0.25) is 0 Å². The van der Waals surface area contributed by atoms with Gasteiger partial charge in [-0.25, -0.2) is 9.18 Å². The Kier molecular flexibility index (Phi) is 5.39. The molecule has 152 valence electrons. The van der Waals surface area contributed by atoms with Crippen LogP contribution in [0.4, 0.5) is 9.18 Å². The number of benzene rings is 1. The number of amides is 1. The summed E-state index contributed by atoms with van der Waals surface area (Å²) in [6.07, 6.45) is 10.6. The highest BCUT2D eigenvalue weighted by molar-refractivity contribution is 5.66. The summed E-state index contributed by atoms with van der Waals surface area (Å²) < 4.78 is 13.4. The maximum atomic E-state index is 13.4. The largest absolute Gasteiger partial charge is 0.465 e. The zero-order valence-corrected chi connectivity index (χ0v) is 16.6. The van der Waals surface area contributed by atoms with Crippen molar-refractivity contribution in [2.75, 3.05) is 0 Å². The molecule has 0 spiro atoms. The van der Waals surface area contributed by atoms with Crippen molar-refractivity contribution in [2.24, 2.45) is 17.8 Å². The van der Waals surface area contributed by atoms with Gasteiger partial charge in [0, 0.05) is 23.2 Å². The van der Waals surface area contributed by atoms with Crippen LogP contribution in [0.15, 0.2) is 48.7 Å². The Hall–Kier alpha value is -2.69. The first-order valence-electron chi connectivity index (χ1n) is 10.4. The summed E-state index contributed by atoms with van der Waals surface area (Å²) in [4.78, 5) is 15.9. The normalized spacial score (nSPS) is 29.0. The lowest BCUT2D eigenvalue weighted by atomic mass is 9.76. The lowest BCUT2D eigenvalue weighted by molar-refractivity contribution is 0.171. The van der Waals surface area contributed by atoms with Gasteiger partial charge in [-0.1, -0.05) is 43.5 Å². The van der Waals surface area contributed by atoms with Gasteiger partial charge in [-0.3, -0.25) is 4.98 Å². The van der Waals surface area contributed by atoms with Crippen molar-refractivity contribution >= 4 is 12.2 Å². The molecule has 2 aliphatic carbocycles. The summed E-state index contributed by atoms with van der Waals surface area (Å²) in [7, 11) is 0. The van der Waals surface area contributed by atoms with Crippen molar-refractivity contribution in [3.8, 4) is 11.1 Å². The Morgan fingerprint density at radius 1 is 1.24 bits per heavy atom. The van der Waals surface area contributed by atoms with E-state index >= 15 is 0 Å². The fourth-order valence-electron chi connectivity index (χ4n) is 5.39. The van der Waals surface area contributed by atoms with Gasteiger partial charge >= 0.3 is 6.09 Å². The molecule has 29 heavy (non-hydrogen) atoms. The summed E-state index contributed by atoms with van der Waals surface area (Å²) >= 11 is 0. The van der Waals surface area contributed by atoms with Crippen LogP contribution in [-0.2, 0) is 0 Å². The minimum atomic E-state index is -0.956. The smallest absolute Gasteiger partial charge is 0.405 e. The van der Waals surface area contributed by atoms with Crippen LogP contribution in [0.3, 0.4) is 0 Å². The number of nitrogens with zero attached hydrogens (tertiary/aromatic N) is 1. The Balaban J connectivity index is 1.55. The topological polar surface area (TPSA) is 62.2 Å². The highest BCUT2D eigenvalue weighted by Gasteiger charge is 2.50. The van der Waals surface area contributed by atoms with Crippen LogP contribution in [0.1, 0.15) is 44.7 Å².